The molecule has 2 rings (SSSR count). The number of hydrogen-bond donors (Lipinski definition) is 2. The van der Waals surface area contributed by atoms with Crippen molar-refractivity contribution in [1.29, 1.82) is 0 Å². The number of pyridine rings is 1. The number of carbonyl (C=O) groups is 2. The van der Waals surface area contributed by atoms with Crippen molar-refractivity contribution in [1.82, 2.24) is 10.3 Å². The summed E-state index contributed by atoms with van der Waals surface area (Å²) in [6.45, 7) is 3.75. The van der Waals surface area contributed by atoms with Crippen LogP contribution >= 0.6 is 0 Å². The van der Waals surface area contributed by atoms with Gasteiger partial charge in [0.05, 0.1) is 19.0 Å². The van der Waals surface area contributed by atoms with E-state index in [0.717, 1.165) is 0 Å². The Labute approximate surface area is 141 Å². The maximum absolute atomic E-state index is 12.5. The Morgan fingerprint density at radius 1 is 1.08 bits per heavy atom. The van der Waals surface area contributed by atoms with Crippen LogP contribution in [0.5, 0.6) is 5.88 Å². The van der Waals surface area contributed by atoms with Gasteiger partial charge in [-0.15, -0.1) is 0 Å². The summed E-state index contributed by atoms with van der Waals surface area (Å²) in [7, 11) is 1.52. The summed E-state index contributed by atoms with van der Waals surface area (Å²) in [4.78, 5) is 28.8. The minimum Gasteiger partial charge on any atom is -0.481 e. The first kappa shape index (κ1) is 17.5. The van der Waals surface area contributed by atoms with Gasteiger partial charge in [0.2, 0.25) is 11.8 Å². The van der Waals surface area contributed by atoms with Crippen LogP contribution in [0.1, 0.15) is 24.2 Å². The van der Waals surface area contributed by atoms with Gasteiger partial charge in [-0.25, -0.2) is 4.98 Å². The second-order valence-corrected chi connectivity index (χ2v) is 5.64. The first-order valence-corrected chi connectivity index (χ1v) is 7.68. The molecule has 0 aliphatic heterocycles. The highest BCUT2D eigenvalue weighted by Gasteiger charge is 2.24. The molecule has 1 aromatic carbocycles. The number of anilines is 1. The Bertz CT molecular complexity index is 684. The van der Waals surface area contributed by atoms with Crippen LogP contribution in [0.2, 0.25) is 0 Å². The molecule has 6 heteroatoms. The fourth-order valence-corrected chi connectivity index (χ4v) is 2.14. The lowest BCUT2D eigenvalue weighted by atomic mass is 10.0. The molecule has 0 bridgehead atoms. The van der Waals surface area contributed by atoms with E-state index in [2.05, 4.69) is 15.6 Å². The van der Waals surface area contributed by atoms with Crippen LogP contribution in [0.25, 0.3) is 0 Å². The highest BCUT2D eigenvalue weighted by Crippen LogP contribution is 2.13. The third-order valence-electron chi connectivity index (χ3n) is 3.48. The van der Waals surface area contributed by atoms with Gasteiger partial charge in [0.15, 0.2) is 0 Å². The summed E-state index contributed by atoms with van der Waals surface area (Å²) >= 11 is 0. The molecule has 1 aromatic heterocycles. The first-order chi connectivity index (χ1) is 11.5. The minimum absolute atomic E-state index is 0.0659. The quantitative estimate of drug-likeness (QED) is 0.854. The molecule has 24 heavy (non-hydrogen) atoms. The number of aromatic nitrogens is 1. The van der Waals surface area contributed by atoms with Crippen molar-refractivity contribution in [2.45, 2.75) is 19.9 Å². The summed E-state index contributed by atoms with van der Waals surface area (Å²) < 4.78 is 4.98. The number of amides is 2. The van der Waals surface area contributed by atoms with E-state index in [0.29, 0.717) is 17.1 Å². The highest BCUT2D eigenvalue weighted by atomic mass is 16.5. The predicted molar refractivity (Wildman–Crippen MR) is 92.0 cm³/mol. The zero-order chi connectivity index (χ0) is 17.5. The maximum Gasteiger partial charge on any atom is 0.251 e. The van der Waals surface area contributed by atoms with Crippen molar-refractivity contribution in [3.8, 4) is 5.88 Å². The van der Waals surface area contributed by atoms with Gasteiger partial charge in [0.1, 0.15) is 6.04 Å². The van der Waals surface area contributed by atoms with Crippen LogP contribution in [0.15, 0.2) is 48.7 Å². The van der Waals surface area contributed by atoms with Gasteiger partial charge in [-0.2, -0.15) is 0 Å². The lowest BCUT2D eigenvalue weighted by Gasteiger charge is -2.21. The van der Waals surface area contributed by atoms with Gasteiger partial charge < -0.3 is 15.4 Å². The number of nitrogens with zero attached hydrogens (tertiary/aromatic N) is 1. The second kappa shape index (κ2) is 8.10. The molecule has 0 aliphatic carbocycles. The molecule has 0 unspecified atom stereocenters. The van der Waals surface area contributed by atoms with Crippen molar-refractivity contribution in [2.75, 3.05) is 12.4 Å². The third-order valence-corrected chi connectivity index (χ3v) is 3.48. The standard InChI is InChI=1S/C18H21N3O3/c1-12(2)16(21-17(22)13-7-5-4-6-8-13)18(23)20-14-9-10-15(24-3)19-11-14/h4-12,16H,1-3H3,(H,20,23)(H,21,22)/t16-/m1/s1. The zero-order valence-corrected chi connectivity index (χ0v) is 13.9. The Kier molecular flexibility index (Phi) is 5.89. The number of benzene rings is 1. The minimum atomic E-state index is -0.653. The molecular weight excluding hydrogens is 306 g/mol. The molecule has 6 nitrogen and oxygen atoms in total. The SMILES string of the molecule is COc1ccc(NC(=O)[C@H](NC(=O)c2ccccc2)C(C)C)cn1. The Morgan fingerprint density at radius 2 is 1.79 bits per heavy atom. The highest BCUT2D eigenvalue weighted by molar-refractivity contribution is 6.01. The van der Waals surface area contributed by atoms with E-state index in [-0.39, 0.29) is 17.7 Å². The molecule has 126 valence electrons. The van der Waals surface area contributed by atoms with Crippen LogP contribution in [0.4, 0.5) is 5.69 Å². The molecule has 0 saturated heterocycles. The smallest absolute Gasteiger partial charge is 0.251 e. The lowest BCUT2D eigenvalue weighted by Crippen LogP contribution is -2.47. The molecule has 2 N–H and O–H groups in total. The van der Waals surface area contributed by atoms with Crippen LogP contribution in [-0.2, 0) is 4.79 Å². The number of methoxy groups -OCH3 is 1. The Morgan fingerprint density at radius 3 is 2.33 bits per heavy atom. The van der Waals surface area contributed by atoms with Crippen LogP contribution in [-0.4, -0.2) is 29.9 Å². The van der Waals surface area contributed by atoms with E-state index in [4.69, 9.17) is 4.74 Å². The normalized spacial score (nSPS) is 11.7. The van der Waals surface area contributed by atoms with Crippen molar-refractivity contribution in [2.24, 2.45) is 5.92 Å². The maximum atomic E-state index is 12.5. The number of ether oxygens (including phenoxy) is 1. The molecule has 1 heterocycles. The number of rotatable bonds is 6. The topological polar surface area (TPSA) is 80.3 Å². The summed E-state index contributed by atoms with van der Waals surface area (Å²) in [6, 6.07) is 11.5. The number of carbonyl (C=O) groups excluding carboxylic acids is 2. The second-order valence-electron chi connectivity index (χ2n) is 5.64. The average Bonchev–Trinajstić information content (AvgIpc) is 2.60. The number of hydrogen-bond acceptors (Lipinski definition) is 4. The molecule has 0 fully saturated rings. The fraction of sp³-hybridized carbons (Fsp3) is 0.278. The van der Waals surface area contributed by atoms with Gasteiger partial charge in [-0.1, -0.05) is 32.0 Å². The average molecular weight is 327 g/mol. The van der Waals surface area contributed by atoms with Crippen LogP contribution in [0.3, 0.4) is 0 Å². The van der Waals surface area contributed by atoms with Gasteiger partial charge in [0, 0.05) is 11.6 Å². The van der Waals surface area contributed by atoms with E-state index < -0.39 is 6.04 Å². The number of nitrogens with one attached hydrogen (secondary N) is 2. The van der Waals surface area contributed by atoms with Crippen LogP contribution < -0.4 is 15.4 Å². The zero-order valence-electron chi connectivity index (χ0n) is 13.9. The first-order valence-electron chi connectivity index (χ1n) is 7.68. The monoisotopic (exact) mass is 327 g/mol. The molecule has 0 radical (unpaired) electrons. The molecule has 1 atom stereocenters. The molecule has 0 aliphatic rings. The van der Waals surface area contributed by atoms with Gasteiger partial charge in [-0.3, -0.25) is 9.59 Å². The van der Waals surface area contributed by atoms with Gasteiger partial charge in [0.25, 0.3) is 5.91 Å². The van der Waals surface area contributed by atoms with Crippen molar-refractivity contribution in [3.63, 3.8) is 0 Å². The fourth-order valence-electron chi connectivity index (χ4n) is 2.14. The molecule has 2 aromatic rings. The molecular formula is C18H21N3O3. The summed E-state index contributed by atoms with van der Waals surface area (Å²) in [5, 5.41) is 5.54. The summed E-state index contributed by atoms with van der Waals surface area (Å²) in [6.07, 6.45) is 1.51. The van der Waals surface area contributed by atoms with E-state index >= 15 is 0 Å². The largest absolute Gasteiger partial charge is 0.481 e. The summed E-state index contributed by atoms with van der Waals surface area (Å²) in [5.74, 6) is -0.173. The Hall–Kier alpha value is -2.89. The molecule has 0 spiro atoms. The Balaban J connectivity index is 2.06. The van der Waals surface area contributed by atoms with Crippen LogP contribution in [0, 0.1) is 5.92 Å². The lowest BCUT2D eigenvalue weighted by molar-refractivity contribution is -0.118. The predicted octanol–water partition coefficient (Wildman–Crippen LogP) is 2.48. The van der Waals surface area contributed by atoms with Gasteiger partial charge in [-0.05, 0) is 24.1 Å². The molecule has 0 saturated carbocycles. The third kappa shape index (κ3) is 4.55. The van der Waals surface area contributed by atoms with E-state index in [1.165, 1.54) is 13.3 Å². The summed E-state index contributed by atoms with van der Waals surface area (Å²) in [5.41, 5.74) is 1.06. The van der Waals surface area contributed by atoms with Crippen molar-refractivity contribution in [3.05, 3.63) is 54.2 Å². The van der Waals surface area contributed by atoms with Crippen molar-refractivity contribution < 1.29 is 14.3 Å². The van der Waals surface area contributed by atoms with E-state index in [1.807, 2.05) is 19.9 Å². The van der Waals surface area contributed by atoms with Crippen molar-refractivity contribution >= 4 is 17.5 Å². The molecule has 2 amide bonds. The van der Waals surface area contributed by atoms with Gasteiger partial charge >= 0.3 is 0 Å². The van der Waals surface area contributed by atoms with E-state index in [9.17, 15) is 9.59 Å². The van der Waals surface area contributed by atoms with E-state index in [1.54, 1.807) is 36.4 Å².